The van der Waals surface area contributed by atoms with E-state index in [1.165, 1.54) is 47.9 Å². The van der Waals surface area contributed by atoms with Crippen LogP contribution in [0.15, 0.2) is 48.5 Å². The van der Waals surface area contributed by atoms with Crippen molar-refractivity contribution >= 4 is 0 Å². The van der Waals surface area contributed by atoms with Gasteiger partial charge in [-0.15, -0.1) is 0 Å². The molecule has 0 bridgehead atoms. The Labute approximate surface area is 134 Å². The van der Waals surface area contributed by atoms with Gasteiger partial charge in [-0.2, -0.15) is 0 Å². The standard InChI is InChI=1S/C21H26O/c1-16-3-9-19(10-4-16)20-11-7-18(8-12-20)15-22-21-13-5-17(2)6-14-21/h3-4,7-12,17,21H,5-6,13-15H2,1-2H3. The Morgan fingerprint density at radius 2 is 1.36 bits per heavy atom. The molecule has 0 heterocycles. The first kappa shape index (κ1) is 15.3. The molecule has 1 aliphatic carbocycles. The molecule has 0 spiro atoms. The van der Waals surface area contributed by atoms with E-state index in [2.05, 4.69) is 62.4 Å². The minimum atomic E-state index is 0.466. The average molecular weight is 294 g/mol. The molecular formula is C21H26O. The van der Waals surface area contributed by atoms with E-state index >= 15 is 0 Å². The Morgan fingerprint density at radius 3 is 1.95 bits per heavy atom. The summed E-state index contributed by atoms with van der Waals surface area (Å²) in [7, 11) is 0. The molecule has 3 rings (SSSR count). The molecule has 0 radical (unpaired) electrons. The molecule has 0 saturated heterocycles. The van der Waals surface area contributed by atoms with Crippen molar-refractivity contribution in [3.05, 3.63) is 59.7 Å². The molecular weight excluding hydrogens is 268 g/mol. The lowest BCUT2D eigenvalue weighted by molar-refractivity contribution is 0.00878. The molecule has 0 atom stereocenters. The molecule has 2 aromatic rings. The van der Waals surface area contributed by atoms with Crippen LogP contribution in [0.3, 0.4) is 0 Å². The van der Waals surface area contributed by atoms with E-state index in [0.29, 0.717) is 6.10 Å². The maximum atomic E-state index is 6.08. The summed E-state index contributed by atoms with van der Waals surface area (Å²) < 4.78 is 6.08. The van der Waals surface area contributed by atoms with E-state index < -0.39 is 0 Å². The Bertz CT molecular complexity index is 574. The van der Waals surface area contributed by atoms with E-state index in [0.717, 1.165) is 12.5 Å². The number of ether oxygens (including phenoxy) is 1. The normalized spacial score (nSPS) is 21.7. The summed E-state index contributed by atoms with van der Waals surface area (Å²) in [6.07, 6.45) is 5.55. The number of hydrogen-bond acceptors (Lipinski definition) is 1. The van der Waals surface area contributed by atoms with Crippen molar-refractivity contribution in [1.82, 2.24) is 0 Å². The fraction of sp³-hybridized carbons (Fsp3) is 0.429. The lowest BCUT2D eigenvalue weighted by Gasteiger charge is -2.26. The van der Waals surface area contributed by atoms with Crippen LogP contribution in [0.5, 0.6) is 0 Å². The Hall–Kier alpha value is -1.60. The zero-order valence-corrected chi connectivity index (χ0v) is 13.7. The monoisotopic (exact) mass is 294 g/mol. The molecule has 0 aliphatic heterocycles. The van der Waals surface area contributed by atoms with Gasteiger partial charge in [-0.1, -0.05) is 61.0 Å². The lowest BCUT2D eigenvalue weighted by atomic mass is 9.89. The van der Waals surface area contributed by atoms with Crippen molar-refractivity contribution in [2.45, 2.75) is 52.2 Å². The van der Waals surface area contributed by atoms with Crippen LogP contribution in [0.25, 0.3) is 11.1 Å². The topological polar surface area (TPSA) is 9.23 Å². The minimum absolute atomic E-state index is 0.466. The first-order valence-corrected chi connectivity index (χ1v) is 8.48. The zero-order chi connectivity index (χ0) is 15.4. The number of aryl methyl sites for hydroxylation is 1. The highest BCUT2D eigenvalue weighted by Crippen LogP contribution is 2.26. The average Bonchev–Trinajstić information content (AvgIpc) is 2.56. The van der Waals surface area contributed by atoms with Crippen molar-refractivity contribution in [2.75, 3.05) is 0 Å². The summed E-state index contributed by atoms with van der Waals surface area (Å²) in [5.41, 5.74) is 5.12. The second kappa shape index (κ2) is 7.11. The first-order valence-electron chi connectivity index (χ1n) is 8.48. The summed E-state index contributed by atoms with van der Waals surface area (Å²) >= 11 is 0. The van der Waals surface area contributed by atoms with E-state index in [1.807, 2.05) is 0 Å². The molecule has 0 N–H and O–H groups in total. The third-order valence-corrected chi connectivity index (χ3v) is 4.79. The summed E-state index contributed by atoms with van der Waals surface area (Å²) in [5.74, 6) is 0.883. The molecule has 2 aromatic carbocycles. The van der Waals surface area contributed by atoms with Crippen LogP contribution in [0.2, 0.25) is 0 Å². The molecule has 0 aromatic heterocycles. The van der Waals surface area contributed by atoms with Crippen molar-refractivity contribution in [3.8, 4) is 11.1 Å². The van der Waals surface area contributed by atoms with Crippen LogP contribution >= 0.6 is 0 Å². The van der Waals surface area contributed by atoms with E-state index in [-0.39, 0.29) is 0 Å². The number of rotatable bonds is 4. The lowest BCUT2D eigenvalue weighted by Crippen LogP contribution is -2.20. The molecule has 1 saturated carbocycles. The summed E-state index contributed by atoms with van der Waals surface area (Å²) in [4.78, 5) is 0. The Balaban J connectivity index is 1.56. The Morgan fingerprint density at radius 1 is 0.818 bits per heavy atom. The van der Waals surface area contributed by atoms with Gasteiger partial charge in [-0.3, -0.25) is 0 Å². The van der Waals surface area contributed by atoms with E-state index in [1.54, 1.807) is 0 Å². The SMILES string of the molecule is Cc1ccc(-c2ccc(COC3CCC(C)CC3)cc2)cc1. The molecule has 1 fully saturated rings. The van der Waals surface area contributed by atoms with Crippen LogP contribution in [0.1, 0.15) is 43.7 Å². The molecule has 1 heteroatoms. The van der Waals surface area contributed by atoms with Crippen molar-refractivity contribution < 1.29 is 4.74 Å². The highest BCUT2D eigenvalue weighted by atomic mass is 16.5. The van der Waals surface area contributed by atoms with Crippen LogP contribution in [-0.2, 0) is 11.3 Å². The predicted molar refractivity (Wildman–Crippen MR) is 92.8 cm³/mol. The van der Waals surface area contributed by atoms with Crippen LogP contribution in [0, 0.1) is 12.8 Å². The van der Waals surface area contributed by atoms with Crippen LogP contribution in [0.4, 0.5) is 0 Å². The number of hydrogen-bond donors (Lipinski definition) is 0. The van der Waals surface area contributed by atoms with Crippen molar-refractivity contribution in [2.24, 2.45) is 5.92 Å². The predicted octanol–water partition coefficient (Wildman–Crippen LogP) is 5.76. The second-order valence-corrected chi connectivity index (χ2v) is 6.76. The number of benzene rings is 2. The van der Waals surface area contributed by atoms with Crippen molar-refractivity contribution in [1.29, 1.82) is 0 Å². The molecule has 0 amide bonds. The molecule has 1 nitrogen and oxygen atoms in total. The molecule has 22 heavy (non-hydrogen) atoms. The molecule has 1 aliphatic rings. The van der Waals surface area contributed by atoms with Gasteiger partial charge < -0.3 is 4.74 Å². The van der Waals surface area contributed by atoms with Gasteiger partial charge in [0.05, 0.1) is 12.7 Å². The fourth-order valence-electron chi connectivity index (χ4n) is 3.15. The van der Waals surface area contributed by atoms with E-state index in [9.17, 15) is 0 Å². The molecule has 0 unspecified atom stereocenters. The van der Waals surface area contributed by atoms with Gasteiger partial charge in [0.15, 0.2) is 0 Å². The summed E-state index contributed by atoms with van der Waals surface area (Å²) in [6.45, 7) is 5.21. The highest BCUT2D eigenvalue weighted by Gasteiger charge is 2.18. The van der Waals surface area contributed by atoms with Crippen LogP contribution < -0.4 is 0 Å². The smallest absolute Gasteiger partial charge is 0.0720 e. The van der Waals surface area contributed by atoms with Gasteiger partial charge in [0.1, 0.15) is 0 Å². The quantitative estimate of drug-likeness (QED) is 0.697. The fourth-order valence-corrected chi connectivity index (χ4v) is 3.15. The minimum Gasteiger partial charge on any atom is -0.374 e. The third kappa shape index (κ3) is 3.98. The second-order valence-electron chi connectivity index (χ2n) is 6.76. The summed E-state index contributed by atoms with van der Waals surface area (Å²) in [6, 6.07) is 17.5. The van der Waals surface area contributed by atoms with Gasteiger partial charge in [0, 0.05) is 0 Å². The largest absolute Gasteiger partial charge is 0.374 e. The third-order valence-electron chi connectivity index (χ3n) is 4.79. The van der Waals surface area contributed by atoms with Gasteiger partial charge >= 0.3 is 0 Å². The Kier molecular flexibility index (Phi) is 4.94. The zero-order valence-electron chi connectivity index (χ0n) is 13.7. The van der Waals surface area contributed by atoms with Gasteiger partial charge in [0.25, 0.3) is 0 Å². The maximum Gasteiger partial charge on any atom is 0.0720 e. The highest BCUT2D eigenvalue weighted by molar-refractivity contribution is 5.63. The van der Waals surface area contributed by atoms with Gasteiger partial charge in [-0.25, -0.2) is 0 Å². The molecule has 116 valence electrons. The van der Waals surface area contributed by atoms with E-state index in [4.69, 9.17) is 4.74 Å². The maximum absolute atomic E-state index is 6.08. The summed E-state index contributed by atoms with van der Waals surface area (Å²) in [5, 5.41) is 0. The van der Waals surface area contributed by atoms with Crippen molar-refractivity contribution in [3.63, 3.8) is 0 Å². The van der Waals surface area contributed by atoms with Crippen LogP contribution in [-0.4, -0.2) is 6.10 Å². The first-order chi connectivity index (χ1) is 10.7. The van der Waals surface area contributed by atoms with Gasteiger partial charge in [-0.05, 0) is 55.2 Å². The van der Waals surface area contributed by atoms with Gasteiger partial charge in [0.2, 0.25) is 0 Å².